The molecule has 0 aliphatic carbocycles. The molecule has 0 aromatic carbocycles. The van der Waals surface area contributed by atoms with Gasteiger partial charge in [-0.3, -0.25) is 4.84 Å². The van der Waals surface area contributed by atoms with Crippen LogP contribution in [0.1, 0.15) is 20.8 Å². The fourth-order valence-corrected chi connectivity index (χ4v) is 3.39. The molecule has 1 saturated heterocycles. The van der Waals surface area contributed by atoms with Crippen LogP contribution in [0, 0.1) is 0 Å². The Hall–Kier alpha value is -2.53. The predicted octanol–water partition coefficient (Wildman–Crippen LogP) is 2.13. The van der Waals surface area contributed by atoms with Gasteiger partial charge in [0.05, 0.1) is 13.3 Å². The molecule has 1 aliphatic rings. The van der Waals surface area contributed by atoms with Crippen molar-refractivity contribution < 1.29 is 19.2 Å². The van der Waals surface area contributed by atoms with E-state index in [4.69, 9.17) is 9.57 Å². The molecule has 1 fully saturated rings. The fourth-order valence-electron chi connectivity index (χ4n) is 2.54. The van der Waals surface area contributed by atoms with Crippen LogP contribution in [-0.4, -0.2) is 75.8 Å². The molecular formula is C16H22N6O4S. The van der Waals surface area contributed by atoms with Crippen molar-refractivity contribution in [1.82, 2.24) is 24.8 Å². The van der Waals surface area contributed by atoms with Crippen LogP contribution in [-0.2, 0) is 9.57 Å². The van der Waals surface area contributed by atoms with E-state index in [9.17, 15) is 9.59 Å². The third kappa shape index (κ3) is 4.42. The molecule has 3 amide bonds. The summed E-state index contributed by atoms with van der Waals surface area (Å²) in [6.45, 7) is 7.01. The summed E-state index contributed by atoms with van der Waals surface area (Å²) in [4.78, 5) is 46.5. The van der Waals surface area contributed by atoms with E-state index in [0.29, 0.717) is 41.7 Å². The number of nitrogens with zero attached hydrogens (tertiary/aromatic N) is 6. The monoisotopic (exact) mass is 394 g/mol. The maximum Gasteiger partial charge on any atom is 0.410 e. The van der Waals surface area contributed by atoms with E-state index in [0.717, 1.165) is 5.06 Å². The van der Waals surface area contributed by atoms with Gasteiger partial charge < -0.3 is 14.5 Å². The predicted molar refractivity (Wildman–Crippen MR) is 99.5 cm³/mol. The summed E-state index contributed by atoms with van der Waals surface area (Å²) in [6.07, 6.45) is 2.64. The van der Waals surface area contributed by atoms with Gasteiger partial charge in [-0.1, -0.05) is 11.3 Å². The van der Waals surface area contributed by atoms with E-state index in [1.165, 1.54) is 24.8 Å². The highest BCUT2D eigenvalue weighted by atomic mass is 32.1. The Morgan fingerprint density at radius 1 is 1.19 bits per heavy atom. The molecule has 0 saturated carbocycles. The Morgan fingerprint density at radius 3 is 2.44 bits per heavy atom. The zero-order chi connectivity index (χ0) is 19.6. The van der Waals surface area contributed by atoms with Crippen molar-refractivity contribution in [3.8, 4) is 0 Å². The number of amides is 3. The second-order valence-electron chi connectivity index (χ2n) is 6.92. The summed E-state index contributed by atoms with van der Waals surface area (Å²) < 4.78 is 5.37. The SMILES string of the molecule is CON(C(=O)N1CCN(C(=O)OC(C)(C)C)CC1)c1nc2cncnc2s1. The molecule has 0 N–H and O–H groups in total. The minimum absolute atomic E-state index is 0.339. The molecule has 10 nitrogen and oxygen atoms in total. The Balaban J connectivity index is 1.64. The van der Waals surface area contributed by atoms with Crippen LogP contribution < -0.4 is 5.06 Å². The van der Waals surface area contributed by atoms with Gasteiger partial charge in [-0.2, -0.15) is 0 Å². The summed E-state index contributed by atoms with van der Waals surface area (Å²) in [5.41, 5.74) is 0.0502. The Kier molecular flexibility index (Phi) is 5.42. The van der Waals surface area contributed by atoms with E-state index >= 15 is 0 Å². The van der Waals surface area contributed by atoms with Gasteiger partial charge in [0.25, 0.3) is 0 Å². The topological polar surface area (TPSA) is 101 Å². The lowest BCUT2D eigenvalue weighted by Gasteiger charge is -2.36. The van der Waals surface area contributed by atoms with E-state index < -0.39 is 5.60 Å². The molecule has 11 heteroatoms. The highest BCUT2D eigenvalue weighted by molar-refractivity contribution is 7.21. The number of aromatic nitrogens is 3. The van der Waals surface area contributed by atoms with E-state index in [2.05, 4.69) is 15.0 Å². The first kappa shape index (κ1) is 19.2. The van der Waals surface area contributed by atoms with E-state index in [1.807, 2.05) is 20.8 Å². The van der Waals surface area contributed by atoms with Gasteiger partial charge in [0.15, 0.2) is 0 Å². The number of hydrogen-bond acceptors (Lipinski definition) is 8. The summed E-state index contributed by atoms with van der Waals surface area (Å²) in [5.74, 6) is 0. The third-order valence-corrected chi connectivity index (χ3v) is 4.74. The first-order valence-electron chi connectivity index (χ1n) is 8.46. The third-order valence-electron chi connectivity index (χ3n) is 3.79. The molecular weight excluding hydrogens is 372 g/mol. The van der Waals surface area contributed by atoms with Crippen molar-refractivity contribution in [3.05, 3.63) is 12.5 Å². The Bertz CT molecular complexity index is 795. The number of piperazine rings is 1. The number of anilines is 1. The number of thiazole rings is 1. The second kappa shape index (κ2) is 7.61. The van der Waals surface area contributed by atoms with Crippen LogP contribution in [0.4, 0.5) is 14.7 Å². The van der Waals surface area contributed by atoms with Crippen LogP contribution in [0.5, 0.6) is 0 Å². The standard InChI is InChI=1S/C16H22N6O4S/c1-16(2,3)26-15(24)21-7-5-20(6-8-21)14(23)22(25-4)13-19-11-9-17-10-18-12(11)27-13/h9-10H,5-8H2,1-4H3. The van der Waals surface area contributed by atoms with Crippen LogP contribution in [0.25, 0.3) is 10.3 Å². The lowest BCUT2D eigenvalue weighted by molar-refractivity contribution is 0.0163. The normalized spacial score (nSPS) is 15.1. The molecule has 0 unspecified atom stereocenters. The molecule has 0 bridgehead atoms. The fraction of sp³-hybridized carbons (Fsp3) is 0.562. The average molecular weight is 394 g/mol. The highest BCUT2D eigenvalue weighted by Crippen LogP contribution is 2.27. The first-order chi connectivity index (χ1) is 12.8. The number of carbonyl (C=O) groups excluding carboxylic acids is 2. The molecule has 0 spiro atoms. The van der Waals surface area contributed by atoms with Crippen molar-refractivity contribution in [3.63, 3.8) is 0 Å². The second-order valence-corrected chi connectivity index (χ2v) is 7.88. The van der Waals surface area contributed by atoms with Gasteiger partial charge in [0.1, 0.15) is 22.3 Å². The number of ether oxygens (including phenoxy) is 1. The largest absolute Gasteiger partial charge is 0.444 e. The number of urea groups is 1. The lowest BCUT2D eigenvalue weighted by Crippen LogP contribution is -2.54. The maximum atomic E-state index is 12.8. The van der Waals surface area contributed by atoms with Gasteiger partial charge in [-0.05, 0) is 20.8 Å². The zero-order valence-corrected chi connectivity index (χ0v) is 16.5. The van der Waals surface area contributed by atoms with Gasteiger partial charge in [0, 0.05) is 26.2 Å². The summed E-state index contributed by atoms with van der Waals surface area (Å²) in [5, 5.41) is 1.52. The van der Waals surface area contributed by atoms with Crippen molar-refractivity contribution in [2.75, 3.05) is 38.4 Å². The highest BCUT2D eigenvalue weighted by Gasteiger charge is 2.31. The van der Waals surface area contributed by atoms with Gasteiger partial charge >= 0.3 is 12.1 Å². The molecule has 2 aromatic heterocycles. The van der Waals surface area contributed by atoms with Gasteiger partial charge in [-0.25, -0.2) is 24.5 Å². The van der Waals surface area contributed by atoms with Crippen LogP contribution in [0.2, 0.25) is 0 Å². The molecule has 3 rings (SSSR count). The summed E-state index contributed by atoms with van der Waals surface area (Å²) >= 11 is 1.24. The molecule has 2 aromatic rings. The van der Waals surface area contributed by atoms with Gasteiger partial charge in [-0.15, -0.1) is 5.06 Å². The number of hydrogen-bond donors (Lipinski definition) is 0. The quantitative estimate of drug-likeness (QED) is 0.719. The first-order valence-corrected chi connectivity index (χ1v) is 9.28. The molecule has 0 radical (unpaired) electrons. The number of rotatable bonds is 2. The molecule has 146 valence electrons. The minimum Gasteiger partial charge on any atom is -0.444 e. The van der Waals surface area contributed by atoms with Crippen molar-refractivity contribution in [1.29, 1.82) is 0 Å². The van der Waals surface area contributed by atoms with Crippen molar-refractivity contribution in [2.24, 2.45) is 0 Å². The molecule has 27 heavy (non-hydrogen) atoms. The number of carbonyl (C=O) groups is 2. The maximum absolute atomic E-state index is 12.8. The minimum atomic E-state index is -0.549. The molecule has 1 aliphatic heterocycles. The van der Waals surface area contributed by atoms with Crippen LogP contribution >= 0.6 is 11.3 Å². The number of hydroxylamine groups is 1. The Morgan fingerprint density at radius 2 is 1.85 bits per heavy atom. The smallest absolute Gasteiger partial charge is 0.410 e. The Labute approximate surface area is 160 Å². The lowest BCUT2D eigenvalue weighted by atomic mass is 10.2. The molecule has 3 heterocycles. The van der Waals surface area contributed by atoms with E-state index in [-0.39, 0.29) is 12.1 Å². The average Bonchev–Trinajstić information content (AvgIpc) is 3.04. The summed E-state index contributed by atoms with van der Waals surface area (Å²) in [7, 11) is 1.41. The van der Waals surface area contributed by atoms with Crippen LogP contribution in [0.3, 0.4) is 0 Å². The van der Waals surface area contributed by atoms with Crippen LogP contribution in [0.15, 0.2) is 12.5 Å². The van der Waals surface area contributed by atoms with Crippen molar-refractivity contribution >= 4 is 38.9 Å². The number of fused-ring (bicyclic) bond motifs is 1. The zero-order valence-electron chi connectivity index (χ0n) is 15.7. The molecule has 0 atom stereocenters. The van der Waals surface area contributed by atoms with E-state index in [1.54, 1.807) is 16.0 Å². The van der Waals surface area contributed by atoms with Gasteiger partial charge in [0.2, 0.25) is 5.13 Å². The van der Waals surface area contributed by atoms with Crippen molar-refractivity contribution in [2.45, 2.75) is 26.4 Å². The summed E-state index contributed by atoms with van der Waals surface area (Å²) in [6, 6.07) is -0.339.